The molecule has 2 heterocycles. The summed E-state index contributed by atoms with van der Waals surface area (Å²) in [6, 6.07) is 24.0. The van der Waals surface area contributed by atoms with Crippen molar-refractivity contribution in [3.63, 3.8) is 0 Å². The van der Waals surface area contributed by atoms with Crippen molar-refractivity contribution in [1.29, 1.82) is 5.26 Å². The monoisotopic (exact) mass is 450 g/mol. The zero-order valence-electron chi connectivity index (χ0n) is 18.6. The van der Waals surface area contributed by atoms with Crippen LogP contribution in [0.2, 0.25) is 0 Å². The lowest BCUT2D eigenvalue weighted by atomic mass is 10.1. The summed E-state index contributed by atoms with van der Waals surface area (Å²) in [6.45, 7) is 2.27. The van der Waals surface area contributed by atoms with E-state index in [1.807, 2.05) is 61.5 Å². The van der Waals surface area contributed by atoms with E-state index in [-0.39, 0.29) is 17.0 Å². The van der Waals surface area contributed by atoms with Gasteiger partial charge in [0.1, 0.15) is 28.6 Å². The largest absolute Gasteiger partial charge is 0.438 e. The fourth-order valence-corrected chi connectivity index (χ4v) is 3.43. The summed E-state index contributed by atoms with van der Waals surface area (Å²) in [5.41, 5.74) is 1.78. The first-order chi connectivity index (χ1) is 16.5. The van der Waals surface area contributed by atoms with Gasteiger partial charge in [0.2, 0.25) is 5.88 Å². The number of nitriles is 1. The van der Waals surface area contributed by atoms with Gasteiger partial charge in [-0.1, -0.05) is 48.5 Å². The van der Waals surface area contributed by atoms with Crippen LogP contribution in [-0.4, -0.2) is 21.8 Å². The maximum absolute atomic E-state index is 13.2. The van der Waals surface area contributed by atoms with E-state index in [1.54, 1.807) is 30.5 Å². The number of hydrogen-bond donors (Lipinski definition) is 1. The van der Waals surface area contributed by atoms with E-state index in [0.29, 0.717) is 24.4 Å². The first kappa shape index (κ1) is 22.5. The van der Waals surface area contributed by atoms with Crippen molar-refractivity contribution in [2.45, 2.75) is 13.3 Å². The van der Waals surface area contributed by atoms with E-state index in [2.05, 4.69) is 10.3 Å². The van der Waals surface area contributed by atoms with Gasteiger partial charge in [0, 0.05) is 12.7 Å². The molecule has 0 bridgehead atoms. The highest BCUT2D eigenvalue weighted by molar-refractivity contribution is 6.01. The Hall–Kier alpha value is -4.70. The molecule has 1 amide bonds. The number of nitrogens with zero attached hydrogens (tertiary/aromatic N) is 3. The summed E-state index contributed by atoms with van der Waals surface area (Å²) in [5.74, 6) is -0.0585. The van der Waals surface area contributed by atoms with Gasteiger partial charge in [-0.25, -0.2) is 0 Å². The van der Waals surface area contributed by atoms with Crippen LogP contribution in [0.25, 0.3) is 11.7 Å². The van der Waals surface area contributed by atoms with Gasteiger partial charge in [-0.05, 0) is 54.8 Å². The number of amides is 1. The number of hydrogen-bond acceptors (Lipinski definition) is 5. The fourth-order valence-electron chi connectivity index (χ4n) is 3.43. The van der Waals surface area contributed by atoms with Crippen LogP contribution in [0.5, 0.6) is 11.6 Å². The molecule has 0 saturated carbocycles. The number of aryl methyl sites for hydroxylation is 1. The predicted molar refractivity (Wildman–Crippen MR) is 129 cm³/mol. The van der Waals surface area contributed by atoms with Crippen molar-refractivity contribution < 1.29 is 9.53 Å². The highest BCUT2D eigenvalue weighted by Crippen LogP contribution is 2.24. The number of nitrogens with one attached hydrogen (secondary N) is 1. The Morgan fingerprint density at radius 2 is 1.91 bits per heavy atom. The minimum absolute atomic E-state index is 0.0139. The zero-order chi connectivity index (χ0) is 23.9. The normalized spacial score (nSPS) is 11.1. The van der Waals surface area contributed by atoms with Crippen LogP contribution in [0, 0.1) is 18.3 Å². The molecule has 0 aliphatic heterocycles. The second-order valence-corrected chi connectivity index (χ2v) is 7.64. The second-order valence-electron chi connectivity index (χ2n) is 7.64. The molecule has 4 aromatic rings. The number of benzene rings is 2. The van der Waals surface area contributed by atoms with Crippen LogP contribution in [-0.2, 0) is 11.2 Å². The molecule has 0 fully saturated rings. The number of fused-ring (bicyclic) bond motifs is 1. The Labute approximate surface area is 196 Å². The van der Waals surface area contributed by atoms with E-state index in [4.69, 9.17) is 4.74 Å². The van der Waals surface area contributed by atoms with Gasteiger partial charge in [0.05, 0.1) is 0 Å². The summed E-state index contributed by atoms with van der Waals surface area (Å²) in [5, 5.41) is 12.4. The average Bonchev–Trinajstić information content (AvgIpc) is 2.84. The summed E-state index contributed by atoms with van der Waals surface area (Å²) < 4.78 is 7.28. The third-order valence-corrected chi connectivity index (χ3v) is 5.13. The number of pyridine rings is 1. The van der Waals surface area contributed by atoms with E-state index in [1.165, 1.54) is 10.5 Å². The first-order valence-electron chi connectivity index (χ1n) is 10.7. The number of rotatable bonds is 7. The van der Waals surface area contributed by atoms with Crippen LogP contribution in [0.4, 0.5) is 0 Å². The van der Waals surface area contributed by atoms with Gasteiger partial charge in [-0.3, -0.25) is 14.0 Å². The molecule has 7 heteroatoms. The van der Waals surface area contributed by atoms with Crippen molar-refractivity contribution in [1.82, 2.24) is 14.7 Å². The van der Waals surface area contributed by atoms with Crippen LogP contribution >= 0.6 is 0 Å². The molecule has 0 aliphatic carbocycles. The second kappa shape index (κ2) is 10.3. The molecule has 0 atom stereocenters. The summed E-state index contributed by atoms with van der Waals surface area (Å²) >= 11 is 0. The van der Waals surface area contributed by atoms with Crippen molar-refractivity contribution in [3.05, 3.63) is 112 Å². The van der Waals surface area contributed by atoms with Crippen molar-refractivity contribution in [2.24, 2.45) is 0 Å². The third kappa shape index (κ3) is 5.19. The third-order valence-electron chi connectivity index (χ3n) is 5.13. The molecule has 168 valence electrons. The number of carbonyl (C=O) groups excluding carboxylic acids is 1. The molecule has 0 unspecified atom stereocenters. The quantitative estimate of drug-likeness (QED) is 0.338. The lowest BCUT2D eigenvalue weighted by molar-refractivity contribution is -0.117. The Morgan fingerprint density at radius 3 is 2.68 bits per heavy atom. The van der Waals surface area contributed by atoms with Gasteiger partial charge < -0.3 is 10.1 Å². The highest BCUT2D eigenvalue weighted by atomic mass is 16.5. The molecule has 34 heavy (non-hydrogen) atoms. The molecule has 0 aliphatic rings. The van der Waals surface area contributed by atoms with Crippen LogP contribution in [0.1, 0.15) is 16.7 Å². The van der Waals surface area contributed by atoms with Crippen molar-refractivity contribution in [2.75, 3.05) is 6.54 Å². The molecule has 0 spiro atoms. The molecule has 2 aromatic carbocycles. The number of carbonyl (C=O) groups is 1. The first-order valence-corrected chi connectivity index (χ1v) is 10.7. The SMILES string of the molecule is Cc1cccc(Oc2nc3ccccn3c(=O)c2C=C(C#N)C(=O)NCCc2ccccc2)c1. The minimum Gasteiger partial charge on any atom is -0.438 e. The van der Waals surface area contributed by atoms with Crippen LogP contribution in [0.15, 0.2) is 89.4 Å². The molecule has 7 nitrogen and oxygen atoms in total. The topological polar surface area (TPSA) is 96.5 Å². The molecule has 1 N–H and O–H groups in total. The molecule has 0 radical (unpaired) electrons. The predicted octanol–water partition coefficient (Wildman–Crippen LogP) is 4.06. The van der Waals surface area contributed by atoms with Gasteiger partial charge >= 0.3 is 0 Å². The Bertz CT molecular complexity index is 1470. The maximum Gasteiger partial charge on any atom is 0.269 e. The van der Waals surface area contributed by atoms with Gasteiger partial charge in [-0.2, -0.15) is 10.2 Å². The van der Waals surface area contributed by atoms with Crippen LogP contribution < -0.4 is 15.6 Å². The maximum atomic E-state index is 13.2. The molecular weight excluding hydrogens is 428 g/mol. The lowest BCUT2D eigenvalue weighted by Gasteiger charge is -2.11. The van der Waals surface area contributed by atoms with E-state index in [0.717, 1.165) is 11.1 Å². The van der Waals surface area contributed by atoms with E-state index in [9.17, 15) is 14.9 Å². The lowest BCUT2D eigenvalue weighted by Crippen LogP contribution is -2.27. The van der Waals surface area contributed by atoms with E-state index < -0.39 is 11.5 Å². The van der Waals surface area contributed by atoms with Crippen LogP contribution in [0.3, 0.4) is 0 Å². The molecule has 2 aromatic heterocycles. The molecular formula is C27H22N4O3. The Kier molecular flexibility index (Phi) is 6.80. The summed E-state index contributed by atoms with van der Waals surface area (Å²) in [4.78, 5) is 30.4. The molecule has 4 rings (SSSR count). The number of aromatic nitrogens is 2. The van der Waals surface area contributed by atoms with Gasteiger partial charge in [-0.15, -0.1) is 0 Å². The Morgan fingerprint density at radius 1 is 1.12 bits per heavy atom. The van der Waals surface area contributed by atoms with Crippen molar-refractivity contribution >= 4 is 17.6 Å². The average molecular weight is 450 g/mol. The minimum atomic E-state index is -0.572. The smallest absolute Gasteiger partial charge is 0.269 e. The highest BCUT2D eigenvalue weighted by Gasteiger charge is 2.17. The zero-order valence-corrected chi connectivity index (χ0v) is 18.6. The summed E-state index contributed by atoms with van der Waals surface area (Å²) in [6.07, 6.45) is 3.43. The standard InChI is InChI=1S/C27H22N4O3/c1-19-8-7-11-22(16-19)34-26-23(27(33)31-15-6-5-12-24(31)30-26)17-21(18-28)25(32)29-14-13-20-9-3-2-4-10-20/h2-12,15-17H,13-14H2,1H3,(H,29,32). The van der Waals surface area contributed by atoms with Crippen molar-refractivity contribution in [3.8, 4) is 17.7 Å². The summed E-state index contributed by atoms with van der Waals surface area (Å²) in [7, 11) is 0. The van der Waals surface area contributed by atoms with Gasteiger partial charge in [0.15, 0.2) is 0 Å². The molecule has 0 saturated heterocycles. The van der Waals surface area contributed by atoms with Gasteiger partial charge in [0.25, 0.3) is 11.5 Å². The Balaban J connectivity index is 1.67. The fraction of sp³-hybridized carbons (Fsp3) is 0.111. The number of ether oxygens (including phenoxy) is 1. The van der Waals surface area contributed by atoms with E-state index >= 15 is 0 Å².